The lowest BCUT2D eigenvalue weighted by atomic mass is 10.5. The van der Waals surface area contributed by atoms with Gasteiger partial charge >= 0.3 is 11.4 Å². The minimum atomic E-state index is -0.559. The summed E-state index contributed by atoms with van der Waals surface area (Å²) >= 11 is 0. The van der Waals surface area contributed by atoms with Gasteiger partial charge in [-0.15, -0.1) is 0 Å². The summed E-state index contributed by atoms with van der Waals surface area (Å²) in [6.07, 6.45) is 2.64. The van der Waals surface area contributed by atoms with Gasteiger partial charge in [0.15, 0.2) is 22.3 Å². The number of nitrogens with zero attached hydrogens (tertiary/aromatic N) is 8. The number of fused-ring (bicyclic) bond motifs is 2. The molecule has 4 aromatic rings. The van der Waals surface area contributed by atoms with Crippen molar-refractivity contribution in [2.75, 3.05) is 0 Å². The quantitative estimate of drug-likeness (QED) is 0.370. The Bertz CT molecular complexity index is 1460. The van der Waals surface area contributed by atoms with E-state index in [0.717, 1.165) is 9.13 Å². The van der Waals surface area contributed by atoms with Crippen LogP contribution < -0.4 is 22.5 Å². The van der Waals surface area contributed by atoms with Crippen molar-refractivity contribution in [1.29, 1.82) is 0 Å². The van der Waals surface area contributed by atoms with Crippen LogP contribution in [-0.4, -0.2) is 37.6 Å². The van der Waals surface area contributed by atoms with Crippen LogP contribution in [0.15, 0.2) is 31.8 Å². The Balaban J connectivity index is 2.24. The molecule has 0 radical (unpaired) electrons. The molecule has 0 saturated heterocycles. The first-order chi connectivity index (χ1) is 12.3. The van der Waals surface area contributed by atoms with Crippen molar-refractivity contribution in [1.82, 2.24) is 37.6 Å². The maximum absolute atomic E-state index is 12.6. The van der Waals surface area contributed by atoms with Crippen molar-refractivity contribution in [2.45, 2.75) is 0 Å². The van der Waals surface area contributed by atoms with E-state index < -0.39 is 22.5 Å². The highest BCUT2D eigenvalue weighted by Gasteiger charge is 2.19. The predicted molar refractivity (Wildman–Crippen MR) is 91.2 cm³/mol. The molecule has 0 aliphatic rings. The van der Waals surface area contributed by atoms with Crippen LogP contribution >= 0.6 is 0 Å². The first kappa shape index (κ1) is 15.8. The summed E-state index contributed by atoms with van der Waals surface area (Å²) in [7, 11) is 5.72. The molecule has 26 heavy (non-hydrogen) atoms. The molecule has 0 aliphatic carbocycles. The number of rotatable bonds is 1. The van der Waals surface area contributed by atoms with Crippen LogP contribution in [0.1, 0.15) is 0 Å². The van der Waals surface area contributed by atoms with E-state index in [1.165, 1.54) is 59.3 Å². The average molecular weight is 358 g/mol. The van der Waals surface area contributed by atoms with E-state index in [0.29, 0.717) is 0 Å². The molecule has 0 aromatic carbocycles. The van der Waals surface area contributed by atoms with E-state index in [1.54, 1.807) is 0 Å². The van der Waals surface area contributed by atoms with Crippen molar-refractivity contribution in [2.24, 2.45) is 28.2 Å². The van der Waals surface area contributed by atoms with Crippen LogP contribution in [0.25, 0.3) is 22.3 Å². The van der Waals surface area contributed by atoms with E-state index in [-0.39, 0.29) is 22.3 Å². The topological polar surface area (TPSA) is 124 Å². The first-order valence-electron chi connectivity index (χ1n) is 7.52. The maximum atomic E-state index is 12.6. The SMILES string of the molecule is Cn1c(=O)c2c(ncn2-n2cnc3c(=O)n(C)c(=O)n(C)c32)n(C)c1=O. The summed E-state index contributed by atoms with van der Waals surface area (Å²) in [5, 5.41) is 0. The van der Waals surface area contributed by atoms with Gasteiger partial charge in [-0.25, -0.2) is 28.9 Å². The van der Waals surface area contributed by atoms with E-state index in [1.807, 2.05) is 0 Å². The average Bonchev–Trinajstić information content (AvgIpc) is 3.25. The Morgan fingerprint density at radius 3 is 1.96 bits per heavy atom. The van der Waals surface area contributed by atoms with Gasteiger partial charge in [0.25, 0.3) is 11.1 Å². The molecule has 4 rings (SSSR count). The third-order valence-corrected chi connectivity index (χ3v) is 4.49. The second-order valence-corrected chi connectivity index (χ2v) is 5.93. The van der Waals surface area contributed by atoms with Gasteiger partial charge in [0.1, 0.15) is 12.7 Å². The molecule has 4 heterocycles. The molecular weight excluding hydrogens is 344 g/mol. The van der Waals surface area contributed by atoms with Crippen molar-refractivity contribution in [3.8, 4) is 0 Å². The van der Waals surface area contributed by atoms with Crippen LogP contribution in [0.3, 0.4) is 0 Å². The lowest BCUT2D eigenvalue weighted by Gasteiger charge is -2.10. The minimum Gasteiger partial charge on any atom is -0.279 e. The van der Waals surface area contributed by atoms with Crippen molar-refractivity contribution in [3.05, 3.63) is 54.3 Å². The highest BCUT2D eigenvalue weighted by molar-refractivity contribution is 5.73. The van der Waals surface area contributed by atoms with E-state index in [9.17, 15) is 19.2 Å². The molecule has 134 valence electrons. The van der Waals surface area contributed by atoms with Gasteiger partial charge in [-0.3, -0.25) is 27.9 Å². The third-order valence-electron chi connectivity index (χ3n) is 4.49. The molecule has 12 nitrogen and oxygen atoms in total. The van der Waals surface area contributed by atoms with E-state index in [4.69, 9.17) is 0 Å². The Kier molecular flexibility index (Phi) is 2.98. The van der Waals surface area contributed by atoms with Crippen LogP contribution in [0, 0.1) is 0 Å². The second-order valence-electron chi connectivity index (χ2n) is 5.93. The molecule has 12 heteroatoms. The van der Waals surface area contributed by atoms with Crippen LogP contribution in [-0.2, 0) is 28.2 Å². The van der Waals surface area contributed by atoms with Crippen LogP contribution in [0.5, 0.6) is 0 Å². The molecule has 0 spiro atoms. The summed E-state index contributed by atoms with van der Waals surface area (Å²) in [6, 6.07) is 0. The Labute approximate surface area is 143 Å². The summed E-state index contributed by atoms with van der Waals surface area (Å²) in [5.74, 6) is 0. The van der Waals surface area contributed by atoms with Gasteiger partial charge in [0.2, 0.25) is 0 Å². The number of aromatic nitrogens is 8. The highest BCUT2D eigenvalue weighted by Crippen LogP contribution is 2.11. The van der Waals surface area contributed by atoms with Gasteiger partial charge in [0.05, 0.1) is 0 Å². The standard InChI is InChI=1S/C14H14N8O4/c1-17-9-8(12(24)20(4)13(17)25)21(6-16-9)22-5-15-7-10(22)18(2)14(26)19(3)11(7)23/h5-6H,1-4H3. The zero-order valence-electron chi connectivity index (χ0n) is 14.4. The first-order valence-corrected chi connectivity index (χ1v) is 7.52. The summed E-state index contributed by atoms with van der Waals surface area (Å²) in [5.41, 5.74) is -1.59. The Morgan fingerprint density at radius 1 is 0.692 bits per heavy atom. The molecule has 0 fully saturated rings. The molecule has 0 saturated carbocycles. The number of hydrogen-bond acceptors (Lipinski definition) is 6. The second kappa shape index (κ2) is 4.91. The van der Waals surface area contributed by atoms with Gasteiger partial charge in [-0.2, -0.15) is 0 Å². The zero-order chi connectivity index (χ0) is 18.9. The molecule has 4 aromatic heterocycles. The fourth-order valence-corrected chi connectivity index (χ4v) is 3.01. The van der Waals surface area contributed by atoms with Gasteiger partial charge < -0.3 is 0 Å². The zero-order valence-corrected chi connectivity index (χ0v) is 14.4. The Hall–Kier alpha value is -3.70. The highest BCUT2D eigenvalue weighted by atomic mass is 16.2. The van der Waals surface area contributed by atoms with Gasteiger partial charge in [-0.1, -0.05) is 0 Å². The van der Waals surface area contributed by atoms with Gasteiger partial charge in [-0.05, 0) is 0 Å². The number of aryl methyl sites for hydroxylation is 2. The lowest BCUT2D eigenvalue weighted by molar-refractivity contribution is 0.642. The third kappa shape index (κ3) is 1.72. The molecular formula is C14H14N8O4. The monoisotopic (exact) mass is 358 g/mol. The number of hydrogen-bond donors (Lipinski definition) is 0. The molecule has 0 unspecified atom stereocenters. The maximum Gasteiger partial charge on any atom is 0.332 e. The summed E-state index contributed by atoms with van der Waals surface area (Å²) < 4.78 is 7.13. The van der Waals surface area contributed by atoms with Crippen LogP contribution in [0.4, 0.5) is 0 Å². The van der Waals surface area contributed by atoms with E-state index >= 15 is 0 Å². The number of imidazole rings is 2. The molecule has 0 atom stereocenters. The normalized spacial score (nSPS) is 11.7. The van der Waals surface area contributed by atoms with Crippen molar-refractivity contribution in [3.63, 3.8) is 0 Å². The van der Waals surface area contributed by atoms with Gasteiger partial charge in [0, 0.05) is 28.2 Å². The predicted octanol–water partition coefficient (Wildman–Crippen LogP) is -2.51. The molecule has 0 aliphatic heterocycles. The fraction of sp³-hybridized carbons (Fsp3) is 0.286. The van der Waals surface area contributed by atoms with Crippen molar-refractivity contribution < 1.29 is 0 Å². The summed E-state index contributed by atoms with van der Waals surface area (Å²) in [4.78, 5) is 57.4. The molecule has 0 N–H and O–H groups in total. The van der Waals surface area contributed by atoms with Crippen molar-refractivity contribution >= 4 is 22.3 Å². The molecule has 0 amide bonds. The summed E-state index contributed by atoms with van der Waals surface area (Å²) in [6.45, 7) is 0. The van der Waals surface area contributed by atoms with E-state index in [2.05, 4.69) is 9.97 Å². The fourth-order valence-electron chi connectivity index (χ4n) is 3.01. The lowest BCUT2D eigenvalue weighted by Crippen LogP contribution is -2.39. The Morgan fingerprint density at radius 2 is 1.27 bits per heavy atom. The smallest absolute Gasteiger partial charge is 0.279 e. The van der Waals surface area contributed by atoms with Crippen LogP contribution in [0.2, 0.25) is 0 Å². The molecule has 0 bridgehead atoms. The largest absolute Gasteiger partial charge is 0.332 e. The minimum absolute atomic E-state index is 0.0677.